The summed E-state index contributed by atoms with van der Waals surface area (Å²) in [6, 6.07) is 5.43. The van der Waals surface area contributed by atoms with Crippen LogP contribution < -0.4 is 9.62 Å². The molecule has 1 aliphatic heterocycles. The van der Waals surface area contributed by atoms with Crippen molar-refractivity contribution in [3.63, 3.8) is 0 Å². The first-order valence-corrected chi connectivity index (χ1v) is 27.3. The topological polar surface area (TPSA) is 179 Å². The summed E-state index contributed by atoms with van der Waals surface area (Å²) in [5, 5.41) is 9.08. The number of carbonyl (C=O) groups excluding carboxylic acids is 2. The lowest BCUT2D eigenvalue weighted by molar-refractivity contribution is -0.143. The van der Waals surface area contributed by atoms with E-state index in [2.05, 4.69) is 15.5 Å². The third kappa shape index (κ3) is 12.3. The Kier molecular flexibility index (Phi) is 16.0. The molecule has 3 atom stereocenters. The van der Waals surface area contributed by atoms with Crippen molar-refractivity contribution >= 4 is 60.0 Å². The molecule has 0 unspecified atom stereocenters. The van der Waals surface area contributed by atoms with Crippen LogP contribution in [0.3, 0.4) is 0 Å². The third-order valence-corrected chi connectivity index (χ3v) is 17.1. The van der Waals surface area contributed by atoms with E-state index in [0.29, 0.717) is 43.3 Å². The highest BCUT2D eigenvalue weighted by Crippen LogP contribution is 2.55. The van der Waals surface area contributed by atoms with E-state index >= 15 is 8.78 Å². The van der Waals surface area contributed by atoms with Crippen LogP contribution in [0.15, 0.2) is 42.5 Å². The standard InChI is InChI=1S/C47H51ClF10N8O7S2/c1-25-26(2)46(54,55)42-37(25)41(47(56,57)58)61-64(42)23-35(67)60-34(21-27-19-28(49)22-29(50)20-27)39-31(8-7-30(59-39)11-13-44(3,4)74(5,69)70)32-9-10-33(48)38-40(32)65(24-45(51,52)53)62-43(38)66(75(6,71)72)36(68)12-14-63-15-17-73-18-16-63/h7-10,19-20,22,25-26,34H,11-18,21,23-24H2,1-6H3,(H,60,67)/t25-,26+,34-/m0/s1. The predicted octanol–water partition coefficient (Wildman–Crippen LogP) is 8.52. The van der Waals surface area contributed by atoms with Crippen molar-refractivity contribution in [1.82, 2.24) is 34.8 Å². The Bertz CT molecular complexity index is 3230. The maximum Gasteiger partial charge on any atom is 0.435 e. The number of aromatic nitrogens is 5. The van der Waals surface area contributed by atoms with Gasteiger partial charge >= 0.3 is 12.4 Å². The molecule has 0 spiro atoms. The number of rotatable bonds is 17. The Morgan fingerprint density at radius 3 is 2.13 bits per heavy atom. The van der Waals surface area contributed by atoms with Gasteiger partial charge in [-0.2, -0.15) is 49.6 Å². The molecule has 0 radical (unpaired) electrons. The molecule has 1 aliphatic carbocycles. The number of hydrogen-bond acceptors (Lipinski definition) is 11. The minimum absolute atomic E-state index is 0.0203. The highest BCUT2D eigenvalue weighted by Gasteiger charge is 2.57. The molecule has 5 aromatic rings. The predicted molar refractivity (Wildman–Crippen MR) is 255 cm³/mol. The van der Waals surface area contributed by atoms with E-state index in [1.54, 1.807) is 4.90 Å². The number of nitrogens with zero attached hydrogens (tertiary/aromatic N) is 7. The van der Waals surface area contributed by atoms with E-state index in [9.17, 15) is 61.5 Å². The Hall–Kier alpha value is -5.38. The summed E-state index contributed by atoms with van der Waals surface area (Å²) in [6.07, 6.45) is -10.1. The Morgan fingerprint density at radius 1 is 0.920 bits per heavy atom. The van der Waals surface area contributed by atoms with Gasteiger partial charge in [-0.3, -0.25) is 28.8 Å². The molecule has 75 heavy (non-hydrogen) atoms. The summed E-state index contributed by atoms with van der Waals surface area (Å²) >= 11 is 6.73. The van der Waals surface area contributed by atoms with E-state index in [1.807, 2.05) is 0 Å². The number of hydrogen-bond donors (Lipinski definition) is 1. The lowest BCUT2D eigenvalue weighted by atomic mass is 9.93. The first-order chi connectivity index (χ1) is 34.6. The SMILES string of the molecule is C[C@@H]1c2c(C(F)(F)F)nn(CC(=O)N[C@@H](Cc3cc(F)cc(F)c3)c3nc(CCC(C)(C)S(C)(=O)=O)ccc3-c3ccc(Cl)c4c(N(C(=O)CCN5CCOCC5)S(C)(=O)=O)nn(CC(F)(F)F)c34)c2C(F)(F)[C@@H]1C. The normalized spacial score (nSPS) is 18.1. The van der Waals surface area contributed by atoms with Gasteiger partial charge in [-0.25, -0.2) is 25.6 Å². The molecule has 1 N–H and O–H groups in total. The number of amides is 2. The van der Waals surface area contributed by atoms with Crippen LogP contribution in [0.1, 0.15) is 86.4 Å². The molecule has 410 valence electrons. The number of alkyl halides is 8. The quantitative estimate of drug-likeness (QED) is 0.0883. The van der Waals surface area contributed by atoms with Gasteiger partial charge in [0.15, 0.2) is 21.3 Å². The molecule has 2 aliphatic rings. The first kappa shape index (κ1) is 57.3. The zero-order valence-corrected chi connectivity index (χ0v) is 43.4. The molecular formula is C47H51ClF10N8O7S2. The number of halogens is 11. The van der Waals surface area contributed by atoms with Gasteiger partial charge < -0.3 is 10.1 Å². The van der Waals surface area contributed by atoms with Crippen molar-refractivity contribution in [2.24, 2.45) is 5.92 Å². The van der Waals surface area contributed by atoms with Gasteiger partial charge in [0.25, 0.3) is 5.92 Å². The van der Waals surface area contributed by atoms with E-state index in [-0.39, 0.29) is 56.5 Å². The van der Waals surface area contributed by atoms with E-state index in [1.165, 1.54) is 32.0 Å². The summed E-state index contributed by atoms with van der Waals surface area (Å²) in [7, 11) is -8.43. The molecule has 0 saturated carbocycles. The van der Waals surface area contributed by atoms with Crippen LogP contribution in [0.5, 0.6) is 0 Å². The number of aryl methyl sites for hydroxylation is 1. The maximum atomic E-state index is 15.8. The molecule has 1 fully saturated rings. The summed E-state index contributed by atoms with van der Waals surface area (Å²) in [5.74, 6) is -12.4. The van der Waals surface area contributed by atoms with E-state index in [4.69, 9.17) is 21.3 Å². The van der Waals surface area contributed by atoms with Crippen LogP contribution in [0.4, 0.5) is 49.7 Å². The van der Waals surface area contributed by atoms with Crippen LogP contribution in [-0.2, 0) is 72.2 Å². The number of fused-ring (bicyclic) bond motifs is 2. The number of benzene rings is 2. The lowest BCUT2D eigenvalue weighted by Gasteiger charge is -2.27. The van der Waals surface area contributed by atoms with E-state index < -0.39 is 149 Å². The van der Waals surface area contributed by atoms with Crippen molar-refractivity contribution in [2.45, 2.75) is 101 Å². The van der Waals surface area contributed by atoms with Gasteiger partial charge in [0.1, 0.15) is 30.4 Å². The van der Waals surface area contributed by atoms with Crippen LogP contribution in [0.25, 0.3) is 22.0 Å². The number of morpholine rings is 1. The molecule has 3 aromatic heterocycles. The van der Waals surface area contributed by atoms with Crippen LogP contribution in [-0.4, -0.2) is 114 Å². The van der Waals surface area contributed by atoms with Gasteiger partial charge in [-0.05, 0) is 68.9 Å². The number of pyridine rings is 1. The van der Waals surface area contributed by atoms with Crippen molar-refractivity contribution < 1.29 is 75.1 Å². The highest BCUT2D eigenvalue weighted by molar-refractivity contribution is 7.93. The van der Waals surface area contributed by atoms with Gasteiger partial charge in [0.2, 0.25) is 21.8 Å². The van der Waals surface area contributed by atoms with Gasteiger partial charge in [-0.15, -0.1) is 0 Å². The minimum atomic E-state index is -5.24. The van der Waals surface area contributed by atoms with Crippen molar-refractivity contribution in [2.75, 3.05) is 49.7 Å². The number of sulfonamides is 1. The zero-order valence-electron chi connectivity index (χ0n) is 41.0. The van der Waals surface area contributed by atoms with Crippen molar-refractivity contribution in [3.8, 4) is 11.1 Å². The van der Waals surface area contributed by atoms with Gasteiger partial charge in [-0.1, -0.05) is 37.6 Å². The van der Waals surface area contributed by atoms with E-state index in [0.717, 1.165) is 38.3 Å². The molecule has 2 aromatic carbocycles. The summed E-state index contributed by atoms with van der Waals surface area (Å²) < 4.78 is 206. The molecule has 0 bridgehead atoms. The summed E-state index contributed by atoms with van der Waals surface area (Å²) in [4.78, 5) is 34.8. The largest absolute Gasteiger partial charge is 0.435 e. The number of anilines is 1. The highest BCUT2D eigenvalue weighted by atomic mass is 35.5. The second kappa shape index (κ2) is 20.9. The van der Waals surface area contributed by atoms with Crippen LogP contribution in [0.2, 0.25) is 5.02 Å². The zero-order chi connectivity index (χ0) is 55.5. The first-order valence-electron chi connectivity index (χ1n) is 23.2. The Morgan fingerprint density at radius 2 is 1.55 bits per heavy atom. The second-order valence-electron chi connectivity index (χ2n) is 19.4. The van der Waals surface area contributed by atoms with Crippen molar-refractivity contribution in [1.29, 1.82) is 0 Å². The lowest BCUT2D eigenvalue weighted by Crippen LogP contribution is -2.41. The molecule has 2 amide bonds. The smallest absolute Gasteiger partial charge is 0.379 e. The molecule has 1 saturated heterocycles. The number of carbonyl (C=O) groups is 2. The molecular weight excluding hydrogens is 1080 g/mol. The van der Waals surface area contributed by atoms with Crippen LogP contribution in [0, 0.1) is 17.6 Å². The maximum absolute atomic E-state index is 15.8. The summed E-state index contributed by atoms with van der Waals surface area (Å²) in [6.45, 7) is 3.26. The fourth-order valence-electron chi connectivity index (χ4n) is 9.23. The number of ether oxygens (including phenoxy) is 1. The van der Waals surface area contributed by atoms with Crippen LogP contribution >= 0.6 is 11.6 Å². The molecule has 7 rings (SSSR count). The number of sulfone groups is 1. The molecule has 4 heterocycles. The molecule has 28 heteroatoms. The Labute approximate surface area is 429 Å². The van der Waals surface area contributed by atoms with Crippen molar-refractivity contribution in [3.05, 3.63) is 93.0 Å². The summed E-state index contributed by atoms with van der Waals surface area (Å²) in [5.41, 5.74) is -5.17. The number of nitrogens with one attached hydrogen (secondary N) is 1. The fourth-order valence-corrected chi connectivity index (χ4v) is 10.8. The molecule has 15 nitrogen and oxygen atoms in total. The monoisotopic (exact) mass is 1130 g/mol. The minimum Gasteiger partial charge on any atom is -0.379 e. The average molecular weight is 1130 g/mol. The Balaban J connectivity index is 1.45. The third-order valence-electron chi connectivity index (χ3n) is 13.6. The average Bonchev–Trinajstić information content (AvgIpc) is 3.90. The fraction of sp³-hybridized carbons (Fsp3) is 0.511. The van der Waals surface area contributed by atoms with Gasteiger partial charge in [0.05, 0.1) is 51.9 Å². The van der Waals surface area contributed by atoms with Gasteiger partial charge in [0, 0.05) is 66.7 Å². The second-order valence-corrected chi connectivity index (χ2v) is 24.3.